The van der Waals surface area contributed by atoms with Crippen LogP contribution in [0.3, 0.4) is 0 Å². The SMILES string of the molecule is CC(=O)N1CCN(c2nc(N[C@H](C)c3cnc4ccccc4c3)c3nn(C(C)C)cc3n2)CC1.[I][V]([I])[I]. The molecule has 1 amide bonds. The second-order valence-electron chi connectivity index (χ2n) is 9.32. The number of aromatic nitrogens is 5. The maximum atomic E-state index is 11.7. The van der Waals surface area contributed by atoms with E-state index in [9.17, 15) is 4.79 Å². The summed E-state index contributed by atoms with van der Waals surface area (Å²) in [5.74, 6) is 1.47. The Balaban J connectivity index is 0.000000786. The number of nitrogens with zero attached hydrogens (tertiary/aromatic N) is 7. The van der Waals surface area contributed by atoms with E-state index in [1.54, 1.807) is 6.92 Å². The quantitative estimate of drug-likeness (QED) is 0.231. The molecule has 5 rings (SSSR count). The van der Waals surface area contributed by atoms with Crippen molar-refractivity contribution >= 4 is 99.5 Å². The van der Waals surface area contributed by atoms with Gasteiger partial charge in [0.1, 0.15) is 5.52 Å². The van der Waals surface area contributed by atoms with Crippen molar-refractivity contribution in [2.45, 2.75) is 39.8 Å². The summed E-state index contributed by atoms with van der Waals surface area (Å²) in [5.41, 5.74) is 3.61. The van der Waals surface area contributed by atoms with Crippen LogP contribution < -0.4 is 10.2 Å². The Bertz CT molecular complexity index is 1410. The first-order valence-electron chi connectivity index (χ1n) is 12.3. The molecule has 0 radical (unpaired) electrons. The van der Waals surface area contributed by atoms with Crippen LogP contribution in [0.1, 0.15) is 45.3 Å². The number of nitrogens with one attached hydrogen (secondary N) is 1. The van der Waals surface area contributed by atoms with E-state index in [-0.39, 0.29) is 22.9 Å². The van der Waals surface area contributed by atoms with Gasteiger partial charge in [-0.1, -0.05) is 18.2 Å². The molecule has 13 heteroatoms. The van der Waals surface area contributed by atoms with Crippen LogP contribution in [0, 0.1) is 0 Å². The molecule has 38 heavy (non-hydrogen) atoms. The van der Waals surface area contributed by atoms with Gasteiger partial charge >= 0.3 is 64.9 Å². The van der Waals surface area contributed by atoms with Gasteiger partial charge in [0.05, 0.1) is 17.8 Å². The van der Waals surface area contributed by atoms with Gasteiger partial charge in [0.25, 0.3) is 0 Å². The number of amides is 1. The molecule has 1 fully saturated rings. The number of piperazine rings is 1. The van der Waals surface area contributed by atoms with Crippen LogP contribution in [0.15, 0.2) is 42.7 Å². The van der Waals surface area contributed by atoms with Crippen LogP contribution in [0.5, 0.6) is 0 Å². The Labute approximate surface area is 260 Å². The standard InChI is InChI=1S/C25H30N8O.3HI.V/c1-16(2)33-15-22-23(30-33)24(29-25(28-22)32-11-9-31(10-12-32)18(4)34)27-17(3)20-13-19-7-5-6-8-21(19)26-14-20;;;;/h5-8,13-17H,9-12H2,1-4H3,(H,27,28,29);3*1H;/q;;;;+3/p-3/t17-;;;;/m1..../s1. The number of carbonyl (C=O) groups is 1. The molecule has 4 aromatic rings. The van der Waals surface area contributed by atoms with E-state index in [4.69, 9.17) is 15.1 Å². The Kier molecular flexibility index (Phi) is 10.7. The fourth-order valence-corrected chi connectivity index (χ4v) is 4.26. The summed E-state index contributed by atoms with van der Waals surface area (Å²) in [4.78, 5) is 29.8. The van der Waals surface area contributed by atoms with Gasteiger partial charge in [0, 0.05) is 50.7 Å². The van der Waals surface area contributed by atoms with Crippen LogP contribution in [0.25, 0.3) is 21.9 Å². The number of benzene rings is 1. The third-order valence-electron chi connectivity index (χ3n) is 6.37. The Morgan fingerprint density at radius 1 is 1.03 bits per heavy atom. The Morgan fingerprint density at radius 3 is 2.37 bits per heavy atom. The van der Waals surface area contributed by atoms with E-state index in [0.29, 0.717) is 37.9 Å². The minimum atomic E-state index is -0.278. The number of rotatable bonds is 5. The van der Waals surface area contributed by atoms with Gasteiger partial charge < -0.3 is 15.1 Å². The van der Waals surface area contributed by atoms with Crippen molar-refractivity contribution in [3.63, 3.8) is 0 Å². The van der Waals surface area contributed by atoms with Crippen LogP contribution in [-0.2, 0) is 9.72 Å². The Hall–Kier alpha value is -0.976. The van der Waals surface area contributed by atoms with E-state index in [1.165, 1.54) is 0 Å². The van der Waals surface area contributed by atoms with Crippen molar-refractivity contribution in [3.8, 4) is 0 Å². The van der Waals surface area contributed by atoms with Crippen molar-refractivity contribution < 1.29 is 9.72 Å². The maximum absolute atomic E-state index is 11.7. The van der Waals surface area contributed by atoms with E-state index >= 15 is 0 Å². The molecule has 0 saturated carbocycles. The number of carbonyl (C=O) groups excluding carboxylic acids is 1. The summed E-state index contributed by atoms with van der Waals surface area (Å²) >= 11 is 7.39. The zero-order chi connectivity index (χ0) is 27.4. The number of para-hydroxylation sites is 1. The van der Waals surface area contributed by atoms with Crippen LogP contribution in [-0.4, -0.2) is 61.7 Å². The van der Waals surface area contributed by atoms with Gasteiger partial charge in [-0.05, 0) is 38.5 Å². The van der Waals surface area contributed by atoms with E-state index < -0.39 is 0 Å². The first-order chi connectivity index (χ1) is 18.1. The molecule has 0 bridgehead atoms. The molecule has 1 aromatic carbocycles. The Morgan fingerprint density at radius 2 is 1.71 bits per heavy atom. The fourth-order valence-electron chi connectivity index (χ4n) is 4.26. The van der Waals surface area contributed by atoms with Crippen LogP contribution >= 0.6 is 59.9 Å². The second-order valence-corrected chi connectivity index (χ2v) is 44.7. The van der Waals surface area contributed by atoms with E-state index in [1.807, 2.05) is 40.2 Å². The molecule has 1 atom stereocenters. The molecular weight excluding hydrogens is 860 g/mol. The van der Waals surface area contributed by atoms with Crippen molar-refractivity contribution in [1.29, 1.82) is 0 Å². The van der Waals surface area contributed by atoms with Crippen molar-refractivity contribution in [3.05, 3.63) is 48.3 Å². The van der Waals surface area contributed by atoms with Crippen molar-refractivity contribution in [2.75, 3.05) is 36.4 Å². The molecule has 1 aliphatic heterocycles. The molecule has 0 aliphatic carbocycles. The number of anilines is 2. The third kappa shape index (κ3) is 7.60. The zero-order valence-electron chi connectivity index (χ0n) is 21.6. The number of pyridine rings is 1. The summed E-state index contributed by atoms with van der Waals surface area (Å²) in [6, 6.07) is 10.5. The predicted octanol–water partition coefficient (Wildman–Crippen LogP) is 6.45. The minimum absolute atomic E-state index is 0.0261. The molecule has 1 saturated heterocycles. The van der Waals surface area contributed by atoms with Crippen LogP contribution in [0.4, 0.5) is 11.8 Å². The van der Waals surface area contributed by atoms with E-state index in [2.05, 4.69) is 108 Å². The third-order valence-corrected chi connectivity index (χ3v) is 6.37. The molecule has 1 N–H and O–H groups in total. The van der Waals surface area contributed by atoms with Gasteiger partial charge in [-0.3, -0.25) is 14.5 Å². The molecule has 0 unspecified atom stereocenters. The molecule has 202 valence electrons. The van der Waals surface area contributed by atoms with E-state index in [0.717, 1.165) is 27.5 Å². The summed E-state index contributed by atoms with van der Waals surface area (Å²) in [6.45, 7) is 10.7. The van der Waals surface area contributed by atoms with Crippen LogP contribution in [0.2, 0.25) is 0 Å². The zero-order valence-corrected chi connectivity index (χ0v) is 29.5. The topological polar surface area (TPSA) is 92.1 Å². The van der Waals surface area contributed by atoms with Gasteiger partial charge in [0.2, 0.25) is 11.9 Å². The summed E-state index contributed by atoms with van der Waals surface area (Å²) in [7, 11) is 0. The van der Waals surface area contributed by atoms with Gasteiger partial charge in [-0.25, -0.2) is 4.98 Å². The van der Waals surface area contributed by atoms with Crippen molar-refractivity contribution in [1.82, 2.24) is 29.6 Å². The molecule has 3 aromatic heterocycles. The number of hydrogen-bond acceptors (Lipinski definition) is 7. The normalized spacial score (nSPS) is 14.7. The summed E-state index contributed by atoms with van der Waals surface area (Å²) < 4.78 is 1.92. The number of halogens is 3. The summed E-state index contributed by atoms with van der Waals surface area (Å²) in [5, 5.41) is 9.45. The molecule has 0 spiro atoms. The first kappa shape index (κ1) is 30.0. The van der Waals surface area contributed by atoms with Gasteiger partial charge in [-0.2, -0.15) is 10.1 Å². The van der Waals surface area contributed by atoms with Crippen molar-refractivity contribution in [2.24, 2.45) is 0 Å². The second kappa shape index (κ2) is 13.6. The first-order valence-corrected chi connectivity index (χ1v) is 25.8. The van der Waals surface area contributed by atoms with Gasteiger partial charge in [-0.15, -0.1) is 0 Å². The molecule has 4 heterocycles. The summed E-state index contributed by atoms with van der Waals surface area (Å²) in [6.07, 6.45) is 3.89. The predicted molar refractivity (Wildman–Crippen MR) is 176 cm³/mol. The monoisotopic (exact) mass is 890 g/mol. The van der Waals surface area contributed by atoms with Gasteiger partial charge in [0.15, 0.2) is 11.3 Å². The molecule has 9 nitrogen and oxygen atoms in total. The average Bonchev–Trinajstić information content (AvgIpc) is 3.33. The fraction of sp³-hybridized carbons (Fsp3) is 0.400. The number of hydrogen-bond donors (Lipinski definition) is 1. The molecule has 1 aliphatic rings. The average molecular weight is 890 g/mol. The number of fused-ring (bicyclic) bond motifs is 2. The molecular formula is C25H30I3N8OV.